The van der Waals surface area contributed by atoms with E-state index in [1.807, 2.05) is 53.4 Å². The molecule has 2 aromatic rings. The van der Waals surface area contributed by atoms with Gasteiger partial charge >= 0.3 is 0 Å². The van der Waals surface area contributed by atoms with Crippen molar-refractivity contribution in [2.24, 2.45) is 0 Å². The number of nitrogens with zero attached hydrogens (tertiary/aromatic N) is 1. The lowest BCUT2D eigenvalue weighted by atomic mass is 10.1. The standard InChI is InChI=1S/C22H25NO2/c1-2-3-14-20-21(25-17-19-12-8-5-9-13-19)15-22(24)23(20)16-18-10-6-4-7-11-18/h4-14,21H,2-3,15-17H2,1H3/b20-14+/t21-/m0/s1. The number of hydrogen-bond donors (Lipinski definition) is 0. The number of rotatable bonds is 7. The van der Waals surface area contributed by atoms with Crippen LogP contribution in [0.1, 0.15) is 37.3 Å². The van der Waals surface area contributed by atoms with Crippen molar-refractivity contribution in [3.8, 4) is 0 Å². The van der Waals surface area contributed by atoms with Gasteiger partial charge in [-0.25, -0.2) is 0 Å². The monoisotopic (exact) mass is 335 g/mol. The van der Waals surface area contributed by atoms with Crippen molar-refractivity contribution in [3.05, 3.63) is 83.6 Å². The maximum atomic E-state index is 12.6. The number of ether oxygens (including phenoxy) is 1. The summed E-state index contributed by atoms with van der Waals surface area (Å²) in [5.74, 6) is 0.143. The molecule has 3 heteroatoms. The van der Waals surface area contributed by atoms with E-state index >= 15 is 0 Å². The molecule has 1 amide bonds. The third-order valence-corrected chi connectivity index (χ3v) is 4.42. The van der Waals surface area contributed by atoms with Crippen LogP contribution < -0.4 is 0 Å². The lowest BCUT2D eigenvalue weighted by Gasteiger charge is -2.21. The van der Waals surface area contributed by atoms with E-state index in [0.29, 0.717) is 19.6 Å². The average molecular weight is 335 g/mol. The van der Waals surface area contributed by atoms with Gasteiger partial charge in [-0.05, 0) is 17.5 Å². The van der Waals surface area contributed by atoms with Crippen LogP contribution in [0.15, 0.2) is 72.4 Å². The molecule has 0 unspecified atom stereocenters. The molecule has 0 N–H and O–H groups in total. The first-order valence-corrected chi connectivity index (χ1v) is 8.97. The Balaban J connectivity index is 1.73. The highest BCUT2D eigenvalue weighted by atomic mass is 16.5. The quantitative estimate of drug-likeness (QED) is 0.735. The van der Waals surface area contributed by atoms with Gasteiger partial charge in [0.2, 0.25) is 5.91 Å². The Bertz CT molecular complexity index is 709. The number of likely N-dealkylation sites (tertiary alicyclic amines) is 1. The van der Waals surface area contributed by atoms with Gasteiger partial charge in [0.15, 0.2) is 0 Å². The summed E-state index contributed by atoms with van der Waals surface area (Å²) in [6, 6.07) is 20.2. The lowest BCUT2D eigenvalue weighted by Crippen LogP contribution is -2.24. The van der Waals surface area contributed by atoms with E-state index in [4.69, 9.17) is 4.74 Å². The highest BCUT2D eigenvalue weighted by molar-refractivity contribution is 5.82. The van der Waals surface area contributed by atoms with Gasteiger partial charge in [0, 0.05) is 5.70 Å². The molecule has 1 saturated heterocycles. The number of amides is 1. The minimum atomic E-state index is -0.150. The summed E-state index contributed by atoms with van der Waals surface area (Å²) in [5.41, 5.74) is 3.29. The van der Waals surface area contributed by atoms with Gasteiger partial charge in [-0.15, -0.1) is 0 Å². The summed E-state index contributed by atoms with van der Waals surface area (Å²) in [7, 11) is 0. The largest absolute Gasteiger partial charge is 0.367 e. The summed E-state index contributed by atoms with van der Waals surface area (Å²) >= 11 is 0. The fourth-order valence-electron chi connectivity index (χ4n) is 3.09. The number of unbranched alkanes of at least 4 members (excludes halogenated alkanes) is 1. The second-order valence-corrected chi connectivity index (χ2v) is 6.37. The van der Waals surface area contributed by atoms with Crippen molar-refractivity contribution in [2.75, 3.05) is 0 Å². The first kappa shape index (κ1) is 17.4. The molecule has 0 radical (unpaired) electrons. The highest BCUT2D eigenvalue weighted by Gasteiger charge is 2.35. The van der Waals surface area contributed by atoms with E-state index in [1.165, 1.54) is 0 Å². The summed E-state index contributed by atoms with van der Waals surface area (Å²) < 4.78 is 6.11. The molecular formula is C22H25NO2. The van der Waals surface area contributed by atoms with E-state index in [9.17, 15) is 4.79 Å². The van der Waals surface area contributed by atoms with Crippen molar-refractivity contribution in [1.82, 2.24) is 4.90 Å². The number of hydrogen-bond acceptors (Lipinski definition) is 2. The summed E-state index contributed by atoms with van der Waals surface area (Å²) in [6.45, 7) is 3.29. The Morgan fingerprint density at radius 2 is 1.68 bits per heavy atom. The van der Waals surface area contributed by atoms with Crippen molar-refractivity contribution < 1.29 is 9.53 Å². The molecule has 1 heterocycles. The second-order valence-electron chi connectivity index (χ2n) is 6.37. The predicted octanol–water partition coefficient (Wildman–Crippen LogP) is 4.69. The summed E-state index contributed by atoms with van der Waals surface area (Å²) in [6.07, 6.45) is 4.46. The van der Waals surface area contributed by atoms with Gasteiger partial charge in [0.1, 0.15) is 6.10 Å². The van der Waals surface area contributed by atoms with Crippen LogP contribution in [0.4, 0.5) is 0 Å². The Kier molecular flexibility index (Phi) is 6.02. The van der Waals surface area contributed by atoms with Crippen LogP contribution in [-0.4, -0.2) is 16.9 Å². The molecule has 3 nitrogen and oxygen atoms in total. The minimum absolute atomic E-state index is 0.143. The first-order chi connectivity index (χ1) is 12.3. The normalized spacial score (nSPS) is 18.9. The van der Waals surface area contributed by atoms with Crippen molar-refractivity contribution in [2.45, 2.75) is 45.4 Å². The van der Waals surface area contributed by atoms with E-state index in [1.54, 1.807) is 0 Å². The zero-order chi connectivity index (χ0) is 17.5. The Morgan fingerprint density at radius 1 is 1.04 bits per heavy atom. The fourth-order valence-corrected chi connectivity index (χ4v) is 3.09. The Morgan fingerprint density at radius 3 is 2.32 bits per heavy atom. The smallest absolute Gasteiger partial charge is 0.230 e. The molecule has 1 atom stereocenters. The van der Waals surface area contributed by atoms with Gasteiger partial charge in [0.05, 0.1) is 19.6 Å². The minimum Gasteiger partial charge on any atom is -0.367 e. The molecule has 2 aromatic carbocycles. The van der Waals surface area contributed by atoms with Crippen LogP contribution >= 0.6 is 0 Å². The van der Waals surface area contributed by atoms with Crippen LogP contribution in [0.5, 0.6) is 0 Å². The van der Waals surface area contributed by atoms with E-state index < -0.39 is 0 Å². The molecule has 130 valence electrons. The topological polar surface area (TPSA) is 29.5 Å². The van der Waals surface area contributed by atoms with Gasteiger partial charge < -0.3 is 9.64 Å². The van der Waals surface area contributed by atoms with Gasteiger partial charge in [-0.2, -0.15) is 0 Å². The summed E-state index contributed by atoms with van der Waals surface area (Å²) in [5, 5.41) is 0. The first-order valence-electron chi connectivity index (χ1n) is 8.97. The number of allylic oxidation sites excluding steroid dienone is 1. The third kappa shape index (κ3) is 4.58. The highest BCUT2D eigenvalue weighted by Crippen LogP contribution is 2.29. The number of carbonyl (C=O) groups excluding carboxylic acids is 1. The number of benzene rings is 2. The maximum Gasteiger partial charge on any atom is 0.230 e. The fraction of sp³-hybridized carbons (Fsp3) is 0.318. The summed E-state index contributed by atoms with van der Waals surface area (Å²) in [4.78, 5) is 14.5. The Hall–Kier alpha value is -2.39. The third-order valence-electron chi connectivity index (χ3n) is 4.42. The molecule has 0 spiro atoms. The predicted molar refractivity (Wildman–Crippen MR) is 99.6 cm³/mol. The molecule has 1 fully saturated rings. The van der Waals surface area contributed by atoms with Crippen LogP contribution in [0.25, 0.3) is 0 Å². The zero-order valence-electron chi connectivity index (χ0n) is 14.7. The van der Waals surface area contributed by atoms with E-state index in [-0.39, 0.29) is 12.0 Å². The van der Waals surface area contributed by atoms with E-state index in [2.05, 4.69) is 25.1 Å². The lowest BCUT2D eigenvalue weighted by molar-refractivity contribution is -0.127. The van der Waals surface area contributed by atoms with Crippen molar-refractivity contribution in [1.29, 1.82) is 0 Å². The molecule has 1 aliphatic heterocycles. The average Bonchev–Trinajstić information content (AvgIpc) is 2.95. The van der Waals surface area contributed by atoms with Crippen LogP contribution in [0.2, 0.25) is 0 Å². The SMILES string of the molecule is CCC/C=C1\[C@@H](OCc2ccccc2)CC(=O)N1Cc1ccccc1. The molecule has 25 heavy (non-hydrogen) atoms. The van der Waals surface area contributed by atoms with Gasteiger partial charge in [0.25, 0.3) is 0 Å². The zero-order valence-corrected chi connectivity index (χ0v) is 14.7. The molecular weight excluding hydrogens is 310 g/mol. The molecule has 0 bridgehead atoms. The molecule has 0 saturated carbocycles. The van der Waals surface area contributed by atoms with Crippen LogP contribution in [0.3, 0.4) is 0 Å². The van der Waals surface area contributed by atoms with Gasteiger partial charge in [-0.3, -0.25) is 4.79 Å². The number of carbonyl (C=O) groups is 1. The molecule has 1 aliphatic rings. The van der Waals surface area contributed by atoms with Crippen LogP contribution in [-0.2, 0) is 22.7 Å². The van der Waals surface area contributed by atoms with Crippen molar-refractivity contribution in [3.63, 3.8) is 0 Å². The van der Waals surface area contributed by atoms with Crippen LogP contribution in [0, 0.1) is 0 Å². The van der Waals surface area contributed by atoms with Crippen molar-refractivity contribution >= 4 is 5.91 Å². The molecule has 0 aliphatic carbocycles. The molecule has 0 aromatic heterocycles. The Labute approximate surface area is 149 Å². The van der Waals surface area contributed by atoms with E-state index in [0.717, 1.165) is 29.7 Å². The molecule has 3 rings (SSSR count). The maximum absolute atomic E-state index is 12.6. The second kappa shape index (κ2) is 8.63. The van der Waals surface area contributed by atoms with Gasteiger partial charge in [-0.1, -0.05) is 80.1 Å².